The van der Waals surface area contributed by atoms with Crippen LogP contribution in [0.4, 0.5) is 0 Å². The van der Waals surface area contributed by atoms with Crippen LogP contribution in [-0.4, -0.2) is 59.2 Å². The molecule has 0 aromatic heterocycles. The monoisotopic (exact) mass is 370 g/mol. The van der Waals surface area contributed by atoms with Gasteiger partial charge in [-0.3, -0.25) is 24.6 Å². The number of imide groups is 1. The minimum absolute atomic E-state index is 0.112. The summed E-state index contributed by atoms with van der Waals surface area (Å²) < 4.78 is 0. The van der Waals surface area contributed by atoms with Gasteiger partial charge < -0.3 is 10.2 Å². The summed E-state index contributed by atoms with van der Waals surface area (Å²) in [5, 5.41) is 5.85. The van der Waals surface area contributed by atoms with Gasteiger partial charge in [-0.25, -0.2) is 0 Å². The van der Waals surface area contributed by atoms with Gasteiger partial charge in [-0.2, -0.15) is 0 Å². The molecule has 0 bridgehead atoms. The number of rotatable bonds is 3. The maximum atomic E-state index is 12.7. The molecule has 2 unspecified atom stereocenters. The summed E-state index contributed by atoms with van der Waals surface area (Å²) in [5.74, 6) is -0.735. The van der Waals surface area contributed by atoms with Gasteiger partial charge in [-0.05, 0) is 37.0 Å². The molecule has 2 fully saturated rings. The number of piperidine rings is 1. The molecule has 4 rings (SSSR count). The maximum Gasteiger partial charge on any atom is 0.255 e. The van der Waals surface area contributed by atoms with Crippen molar-refractivity contribution in [2.45, 2.75) is 51.4 Å². The molecule has 0 spiro atoms. The third-order valence-electron chi connectivity index (χ3n) is 5.79. The normalized spacial score (nSPS) is 26.7. The van der Waals surface area contributed by atoms with E-state index < -0.39 is 6.04 Å². The fourth-order valence-electron chi connectivity index (χ4n) is 4.20. The van der Waals surface area contributed by atoms with Crippen molar-refractivity contribution in [3.63, 3.8) is 0 Å². The fourth-order valence-corrected chi connectivity index (χ4v) is 4.20. The summed E-state index contributed by atoms with van der Waals surface area (Å²) in [4.78, 5) is 40.3. The van der Waals surface area contributed by atoms with Gasteiger partial charge in [-0.1, -0.05) is 12.1 Å². The SMILES string of the molecule is CC1CCN(Cc2ccc3c(c2)CN(C2CCC(=O)NC2=O)C3=O)CCN1. The lowest BCUT2D eigenvalue weighted by atomic mass is 10.0. The molecule has 7 nitrogen and oxygen atoms in total. The number of fused-ring (bicyclic) bond motifs is 1. The Morgan fingerprint density at radius 2 is 2.00 bits per heavy atom. The lowest BCUT2D eigenvalue weighted by molar-refractivity contribution is -0.136. The summed E-state index contributed by atoms with van der Waals surface area (Å²) in [6, 6.07) is 6.00. The number of hydrogen-bond acceptors (Lipinski definition) is 5. The van der Waals surface area contributed by atoms with E-state index in [4.69, 9.17) is 0 Å². The van der Waals surface area contributed by atoms with Crippen molar-refractivity contribution in [1.82, 2.24) is 20.4 Å². The van der Waals surface area contributed by atoms with Crippen LogP contribution in [0.5, 0.6) is 0 Å². The fraction of sp³-hybridized carbons (Fsp3) is 0.550. The zero-order valence-electron chi connectivity index (χ0n) is 15.7. The van der Waals surface area contributed by atoms with E-state index in [2.05, 4.69) is 28.5 Å². The number of carbonyl (C=O) groups is 3. The van der Waals surface area contributed by atoms with Crippen LogP contribution in [0, 0.1) is 0 Å². The Morgan fingerprint density at radius 1 is 1.15 bits per heavy atom. The molecule has 0 aliphatic carbocycles. The molecule has 2 saturated heterocycles. The van der Waals surface area contributed by atoms with Crippen LogP contribution < -0.4 is 10.6 Å². The zero-order valence-corrected chi connectivity index (χ0v) is 15.7. The van der Waals surface area contributed by atoms with E-state index in [1.807, 2.05) is 12.1 Å². The Labute approximate surface area is 159 Å². The molecule has 2 atom stereocenters. The average molecular weight is 370 g/mol. The standard InChI is InChI=1S/C20H26N4O3/c1-13-6-8-23(9-7-21-13)11-14-2-3-16-15(10-14)12-24(20(16)27)17-4-5-18(25)22-19(17)26/h2-3,10,13,17,21H,4-9,11-12H2,1H3,(H,22,25,26). The molecule has 3 aliphatic heterocycles. The Hall–Kier alpha value is -2.25. The minimum Gasteiger partial charge on any atom is -0.322 e. The van der Waals surface area contributed by atoms with Gasteiger partial charge in [0.1, 0.15) is 6.04 Å². The number of carbonyl (C=O) groups excluding carboxylic acids is 3. The van der Waals surface area contributed by atoms with Gasteiger partial charge in [0.2, 0.25) is 11.8 Å². The number of amides is 3. The van der Waals surface area contributed by atoms with Gasteiger partial charge >= 0.3 is 0 Å². The summed E-state index contributed by atoms with van der Waals surface area (Å²) in [5.41, 5.74) is 2.85. The second-order valence-electron chi connectivity index (χ2n) is 7.81. The molecule has 0 radical (unpaired) electrons. The first-order chi connectivity index (χ1) is 13.0. The molecule has 2 N–H and O–H groups in total. The Morgan fingerprint density at radius 3 is 2.81 bits per heavy atom. The molecule has 1 aromatic carbocycles. The van der Waals surface area contributed by atoms with Crippen LogP contribution >= 0.6 is 0 Å². The molecule has 3 heterocycles. The molecule has 7 heteroatoms. The maximum absolute atomic E-state index is 12.7. The molecule has 3 amide bonds. The predicted molar refractivity (Wildman–Crippen MR) is 99.8 cm³/mol. The first-order valence-corrected chi connectivity index (χ1v) is 9.73. The van der Waals surface area contributed by atoms with E-state index in [0.29, 0.717) is 24.6 Å². The smallest absolute Gasteiger partial charge is 0.255 e. The van der Waals surface area contributed by atoms with Crippen LogP contribution in [-0.2, 0) is 22.7 Å². The highest BCUT2D eigenvalue weighted by Crippen LogP contribution is 2.28. The Kier molecular flexibility index (Phi) is 4.97. The summed E-state index contributed by atoms with van der Waals surface area (Å²) in [6.07, 6.45) is 1.81. The minimum atomic E-state index is -0.552. The van der Waals surface area contributed by atoms with Gasteiger partial charge in [0.25, 0.3) is 5.91 Å². The van der Waals surface area contributed by atoms with Crippen molar-refractivity contribution in [2.75, 3.05) is 19.6 Å². The average Bonchev–Trinajstić information content (AvgIpc) is 2.80. The van der Waals surface area contributed by atoms with Crippen molar-refractivity contribution in [2.24, 2.45) is 0 Å². The van der Waals surface area contributed by atoms with Crippen molar-refractivity contribution in [3.05, 3.63) is 34.9 Å². The van der Waals surface area contributed by atoms with Gasteiger partial charge in [0.05, 0.1) is 0 Å². The van der Waals surface area contributed by atoms with Gasteiger partial charge in [0, 0.05) is 50.7 Å². The number of nitrogens with one attached hydrogen (secondary N) is 2. The van der Waals surface area contributed by atoms with E-state index in [-0.39, 0.29) is 24.1 Å². The quantitative estimate of drug-likeness (QED) is 0.763. The number of hydrogen-bond donors (Lipinski definition) is 2. The zero-order chi connectivity index (χ0) is 19.0. The van der Waals surface area contributed by atoms with Crippen molar-refractivity contribution < 1.29 is 14.4 Å². The molecule has 27 heavy (non-hydrogen) atoms. The predicted octanol–water partition coefficient (Wildman–Crippen LogP) is 0.631. The van der Waals surface area contributed by atoms with E-state index in [1.165, 1.54) is 5.56 Å². The highest BCUT2D eigenvalue weighted by atomic mass is 16.2. The number of benzene rings is 1. The highest BCUT2D eigenvalue weighted by molar-refractivity contribution is 6.05. The number of nitrogens with zero attached hydrogens (tertiary/aromatic N) is 2. The molecular weight excluding hydrogens is 344 g/mol. The van der Waals surface area contributed by atoms with E-state index in [9.17, 15) is 14.4 Å². The second kappa shape index (κ2) is 7.40. The first-order valence-electron chi connectivity index (χ1n) is 9.73. The van der Waals surface area contributed by atoms with E-state index in [0.717, 1.165) is 38.2 Å². The largest absolute Gasteiger partial charge is 0.322 e. The molecule has 0 saturated carbocycles. The molecule has 144 valence electrons. The Bertz CT molecular complexity index is 778. The van der Waals surface area contributed by atoms with Crippen LogP contribution in [0.25, 0.3) is 0 Å². The van der Waals surface area contributed by atoms with Crippen molar-refractivity contribution in [3.8, 4) is 0 Å². The van der Waals surface area contributed by atoms with Crippen molar-refractivity contribution in [1.29, 1.82) is 0 Å². The molecular formula is C20H26N4O3. The summed E-state index contributed by atoms with van der Waals surface area (Å²) >= 11 is 0. The van der Waals surface area contributed by atoms with Crippen LogP contribution in [0.3, 0.4) is 0 Å². The Balaban J connectivity index is 1.46. The second-order valence-corrected chi connectivity index (χ2v) is 7.81. The van der Waals surface area contributed by atoms with Crippen molar-refractivity contribution >= 4 is 17.7 Å². The third kappa shape index (κ3) is 3.75. The highest BCUT2D eigenvalue weighted by Gasteiger charge is 2.39. The van der Waals surface area contributed by atoms with Crippen LogP contribution in [0.1, 0.15) is 47.7 Å². The van der Waals surface area contributed by atoms with Crippen LogP contribution in [0.2, 0.25) is 0 Å². The first kappa shape index (κ1) is 18.1. The van der Waals surface area contributed by atoms with Crippen LogP contribution in [0.15, 0.2) is 18.2 Å². The lowest BCUT2D eigenvalue weighted by Gasteiger charge is -2.29. The summed E-state index contributed by atoms with van der Waals surface area (Å²) in [6.45, 7) is 6.60. The molecule has 3 aliphatic rings. The van der Waals surface area contributed by atoms with Gasteiger partial charge in [-0.15, -0.1) is 0 Å². The molecule has 1 aromatic rings. The van der Waals surface area contributed by atoms with E-state index >= 15 is 0 Å². The lowest BCUT2D eigenvalue weighted by Crippen LogP contribution is -2.52. The van der Waals surface area contributed by atoms with Gasteiger partial charge in [0.15, 0.2) is 0 Å². The third-order valence-corrected chi connectivity index (χ3v) is 5.79. The topological polar surface area (TPSA) is 81.8 Å². The summed E-state index contributed by atoms with van der Waals surface area (Å²) in [7, 11) is 0. The van der Waals surface area contributed by atoms with E-state index in [1.54, 1.807) is 4.90 Å².